The molecule has 0 bridgehead atoms. The monoisotopic (exact) mass is 506 g/mol. The van der Waals surface area contributed by atoms with Crippen LogP contribution in [0.25, 0.3) is 10.8 Å². The number of oxazole rings is 1. The van der Waals surface area contributed by atoms with Crippen molar-refractivity contribution in [2.45, 2.75) is 13.0 Å². The Hall–Kier alpha value is -1.17. The van der Waals surface area contributed by atoms with Crippen LogP contribution in [0.5, 0.6) is 0 Å². The van der Waals surface area contributed by atoms with E-state index in [0.29, 0.717) is 31.6 Å². The number of hydrogen-bond donors (Lipinski definition) is 1. The van der Waals surface area contributed by atoms with E-state index in [2.05, 4.69) is 20.2 Å². The molecule has 1 aliphatic heterocycles. The van der Waals surface area contributed by atoms with Gasteiger partial charge in [-0.3, -0.25) is 4.99 Å². The Morgan fingerprint density at radius 1 is 1.48 bits per heavy atom. The molecule has 0 aliphatic carbocycles. The zero-order valence-electron chi connectivity index (χ0n) is 15.7. The minimum Gasteiger partial charge on any atom is -0.443 e. The van der Waals surface area contributed by atoms with Crippen molar-refractivity contribution < 1.29 is 13.9 Å². The summed E-state index contributed by atoms with van der Waals surface area (Å²) in [6, 6.07) is 4.00. The molecule has 0 radical (unpaired) electrons. The van der Waals surface area contributed by atoms with Crippen molar-refractivity contribution in [2.75, 3.05) is 47.1 Å². The van der Waals surface area contributed by atoms with Crippen LogP contribution in [-0.4, -0.2) is 62.9 Å². The Labute approximate surface area is 181 Å². The van der Waals surface area contributed by atoms with E-state index in [1.54, 1.807) is 24.7 Å². The highest BCUT2D eigenvalue weighted by Crippen LogP contribution is 2.23. The zero-order valence-corrected chi connectivity index (χ0v) is 18.9. The molecule has 1 unspecified atom stereocenters. The predicted octanol–water partition coefficient (Wildman–Crippen LogP) is 3.08. The number of ether oxygens (including phenoxy) is 2. The Bertz CT molecular complexity index is 693. The van der Waals surface area contributed by atoms with Crippen LogP contribution in [0.2, 0.25) is 0 Å². The number of rotatable bonds is 8. The summed E-state index contributed by atoms with van der Waals surface area (Å²) >= 11 is 1.62. The predicted molar refractivity (Wildman–Crippen MR) is 118 cm³/mol. The van der Waals surface area contributed by atoms with Gasteiger partial charge in [-0.2, -0.15) is 0 Å². The molecule has 1 N–H and O–H groups in total. The van der Waals surface area contributed by atoms with Gasteiger partial charge in [-0.1, -0.05) is 6.07 Å². The molecule has 7 nitrogen and oxygen atoms in total. The molecule has 27 heavy (non-hydrogen) atoms. The first kappa shape index (κ1) is 22.1. The number of hydrogen-bond acceptors (Lipinski definition) is 6. The summed E-state index contributed by atoms with van der Waals surface area (Å²) in [5, 5.41) is 5.40. The van der Waals surface area contributed by atoms with Crippen molar-refractivity contribution in [1.82, 2.24) is 15.2 Å². The second-order valence-corrected chi connectivity index (χ2v) is 7.14. The highest BCUT2D eigenvalue weighted by molar-refractivity contribution is 14.0. The third-order valence-electron chi connectivity index (χ3n) is 4.29. The van der Waals surface area contributed by atoms with Gasteiger partial charge in [-0.05, 0) is 17.9 Å². The average Bonchev–Trinajstić information content (AvgIpc) is 3.40. The number of guanidine groups is 1. The first-order valence-electron chi connectivity index (χ1n) is 8.80. The van der Waals surface area contributed by atoms with Crippen molar-refractivity contribution in [3.63, 3.8) is 0 Å². The van der Waals surface area contributed by atoms with Crippen LogP contribution < -0.4 is 5.32 Å². The molecule has 1 atom stereocenters. The molecular formula is C18H27IN4O3S. The lowest BCUT2D eigenvalue weighted by molar-refractivity contribution is 0.0536. The molecule has 2 aromatic heterocycles. The number of nitrogens with zero attached hydrogens (tertiary/aromatic N) is 3. The van der Waals surface area contributed by atoms with Gasteiger partial charge in [-0.15, -0.1) is 35.3 Å². The Morgan fingerprint density at radius 3 is 3.11 bits per heavy atom. The highest BCUT2D eigenvalue weighted by atomic mass is 127. The maximum atomic E-state index is 5.65. The lowest BCUT2D eigenvalue weighted by atomic mass is 10.1. The van der Waals surface area contributed by atoms with Crippen LogP contribution >= 0.6 is 35.3 Å². The van der Waals surface area contributed by atoms with Gasteiger partial charge in [0, 0.05) is 33.2 Å². The van der Waals surface area contributed by atoms with E-state index in [9.17, 15) is 0 Å². The fraction of sp³-hybridized carbons (Fsp3) is 0.556. The molecule has 3 rings (SSSR count). The lowest BCUT2D eigenvalue weighted by Gasteiger charge is -2.21. The number of halogens is 1. The van der Waals surface area contributed by atoms with Gasteiger partial charge in [0.2, 0.25) is 5.89 Å². The van der Waals surface area contributed by atoms with Crippen LogP contribution in [0.3, 0.4) is 0 Å². The van der Waals surface area contributed by atoms with E-state index < -0.39 is 0 Å². The fourth-order valence-electron chi connectivity index (χ4n) is 2.96. The zero-order chi connectivity index (χ0) is 18.2. The number of nitrogens with one attached hydrogen (secondary N) is 1. The van der Waals surface area contributed by atoms with Crippen molar-refractivity contribution in [1.29, 1.82) is 0 Å². The van der Waals surface area contributed by atoms with Crippen molar-refractivity contribution in [2.24, 2.45) is 10.9 Å². The molecule has 2 aromatic rings. The Kier molecular flexibility index (Phi) is 9.52. The maximum Gasteiger partial charge on any atom is 0.236 e. The maximum absolute atomic E-state index is 5.65. The molecule has 0 amide bonds. The molecule has 1 aliphatic rings. The second-order valence-electron chi connectivity index (χ2n) is 6.19. The molecular weight excluding hydrogens is 479 g/mol. The first-order valence-corrected chi connectivity index (χ1v) is 9.68. The third kappa shape index (κ3) is 6.44. The fourth-order valence-corrected chi connectivity index (χ4v) is 3.61. The Morgan fingerprint density at radius 2 is 2.37 bits per heavy atom. The van der Waals surface area contributed by atoms with E-state index >= 15 is 0 Å². The van der Waals surface area contributed by atoms with Gasteiger partial charge < -0.3 is 24.1 Å². The molecule has 0 aromatic carbocycles. The van der Waals surface area contributed by atoms with Crippen LogP contribution in [0.4, 0.5) is 0 Å². The summed E-state index contributed by atoms with van der Waals surface area (Å²) < 4.78 is 16.2. The lowest BCUT2D eigenvalue weighted by Crippen LogP contribution is -2.40. The van der Waals surface area contributed by atoms with E-state index in [-0.39, 0.29) is 24.0 Å². The van der Waals surface area contributed by atoms with Gasteiger partial charge in [0.05, 0.1) is 36.9 Å². The SMILES string of the molecule is CN=C(NCc1coc(-c2cccs2)n1)N1CCC(COCCOC)C1.I. The normalized spacial score (nSPS) is 17.2. The standard InChI is InChI=1S/C18H26N4O3S.HI/c1-19-18(22-6-5-14(11-22)12-24-8-7-23-2)20-10-15-13-25-17(21-15)16-4-3-9-26-16;/h3-4,9,13-14H,5-8,10-12H2,1-2H3,(H,19,20);1H. The number of thiophene rings is 1. The van der Waals surface area contributed by atoms with Gasteiger partial charge in [0.1, 0.15) is 6.26 Å². The number of aromatic nitrogens is 1. The Balaban J connectivity index is 0.00000261. The largest absolute Gasteiger partial charge is 0.443 e. The van der Waals surface area contributed by atoms with E-state index in [0.717, 1.165) is 42.6 Å². The number of methoxy groups -OCH3 is 1. The van der Waals surface area contributed by atoms with Crippen molar-refractivity contribution >= 4 is 41.3 Å². The average molecular weight is 506 g/mol. The second kappa shape index (κ2) is 11.6. The molecule has 1 fully saturated rings. The topological polar surface area (TPSA) is 72.1 Å². The molecule has 0 saturated carbocycles. The van der Waals surface area contributed by atoms with Gasteiger partial charge >= 0.3 is 0 Å². The van der Waals surface area contributed by atoms with Crippen molar-refractivity contribution in [3.8, 4) is 10.8 Å². The van der Waals surface area contributed by atoms with E-state index in [1.165, 1.54) is 0 Å². The molecule has 1 saturated heterocycles. The van der Waals surface area contributed by atoms with Crippen LogP contribution in [-0.2, 0) is 16.0 Å². The molecule has 150 valence electrons. The first-order chi connectivity index (χ1) is 12.8. The van der Waals surface area contributed by atoms with Crippen molar-refractivity contribution in [3.05, 3.63) is 29.5 Å². The molecule has 0 spiro atoms. The number of likely N-dealkylation sites (tertiary alicyclic amines) is 1. The smallest absolute Gasteiger partial charge is 0.236 e. The quantitative estimate of drug-likeness (QED) is 0.257. The van der Waals surface area contributed by atoms with Crippen LogP contribution in [0.1, 0.15) is 12.1 Å². The summed E-state index contributed by atoms with van der Waals surface area (Å²) in [7, 11) is 3.50. The van der Waals surface area contributed by atoms with Crippen LogP contribution in [0.15, 0.2) is 33.2 Å². The van der Waals surface area contributed by atoms with Gasteiger partial charge in [0.25, 0.3) is 0 Å². The number of aliphatic imine (C=N–C) groups is 1. The van der Waals surface area contributed by atoms with Gasteiger partial charge in [-0.25, -0.2) is 4.98 Å². The highest BCUT2D eigenvalue weighted by Gasteiger charge is 2.25. The molecule has 3 heterocycles. The summed E-state index contributed by atoms with van der Waals surface area (Å²) in [5.41, 5.74) is 0.869. The minimum absolute atomic E-state index is 0. The van der Waals surface area contributed by atoms with E-state index in [1.807, 2.05) is 24.6 Å². The third-order valence-corrected chi connectivity index (χ3v) is 5.15. The van der Waals surface area contributed by atoms with Gasteiger partial charge in [0.15, 0.2) is 5.96 Å². The minimum atomic E-state index is 0. The summed E-state index contributed by atoms with van der Waals surface area (Å²) in [6.45, 7) is 4.59. The van der Waals surface area contributed by atoms with Crippen LogP contribution in [0, 0.1) is 5.92 Å². The summed E-state index contributed by atoms with van der Waals surface area (Å²) in [5.74, 6) is 2.09. The summed E-state index contributed by atoms with van der Waals surface area (Å²) in [4.78, 5) is 12.2. The molecule has 9 heteroatoms. The van der Waals surface area contributed by atoms with E-state index in [4.69, 9.17) is 13.9 Å². The summed E-state index contributed by atoms with van der Waals surface area (Å²) in [6.07, 6.45) is 2.81.